The Morgan fingerprint density at radius 3 is 2.19 bits per heavy atom. The average Bonchev–Trinajstić information content (AvgIpc) is 2.37. The number of nitrogens with two attached hydrogens (primary N) is 3. The fourth-order valence-corrected chi connectivity index (χ4v) is 2.04. The van der Waals surface area contributed by atoms with Crippen LogP contribution in [0.4, 0.5) is 11.4 Å². The van der Waals surface area contributed by atoms with Crippen molar-refractivity contribution in [2.24, 2.45) is 5.73 Å². The van der Waals surface area contributed by atoms with Crippen molar-refractivity contribution in [3.8, 4) is 5.75 Å². The highest BCUT2D eigenvalue weighted by molar-refractivity contribution is 5.60. The second-order valence-corrected chi connectivity index (χ2v) is 5.43. The molecular formula is C14H25N3O4. The molecule has 1 aromatic rings. The molecule has 0 bridgehead atoms. The molecule has 0 spiro atoms. The summed E-state index contributed by atoms with van der Waals surface area (Å²) in [6.07, 6.45) is -2.93. The van der Waals surface area contributed by atoms with Crippen molar-refractivity contribution in [2.75, 3.05) is 18.1 Å². The number of rotatable bonds is 7. The van der Waals surface area contributed by atoms with E-state index in [9.17, 15) is 15.3 Å². The lowest BCUT2D eigenvalue weighted by atomic mass is 9.83. The lowest BCUT2D eigenvalue weighted by Gasteiger charge is -2.36. The highest BCUT2D eigenvalue weighted by atomic mass is 16.5. The van der Waals surface area contributed by atoms with Crippen LogP contribution < -0.4 is 21.9 Å². The van der Waals surface area contributed by atoms with Crippen LogP contribution >= 0.6 is 0 Å². The molecule has 0 aliphatic rings. The lowest BCUT2D eigenvalue weighted by Crippen LogP contribution is -2.59. The van der Waals surface area contributed by atoms with Crippen LogP contribution in [-0.4, -0.2) is 45.8 Å². The number of aliphatic hydroxyl groups is 3. The van der Waals surface area contributed by atoms with Gasteiger partial charge in [0.1, 0.15) is 12.4 Å². The molecule has 3 atom stereocenters. The van der Waals surface area contributed by atoms with Gasteiger partial charge in [-0.05, 0) is 38.5 Å². The molecule has 0 heterocycles. The summed E-state index contributed by atoms with van der Waals surface area (Å²) < 4.78 is 5.41. The van der Waals surface area contributed by atoms with Crippen LogP contribution in [0.5, 0.6) is 5.75 Å². The van der Waals surface area contributed by atoms with Gasteiger partial charge in [-0.1, -0.05) is 0 Å². The van der Waals surface area contributed by atoms with Crippen LogP contribution in [0.1, 0.15) is 20.3 Å². The summed E-state index contributed by atoms with van der Waals surface area (Å²) in [5, 5.41) is 29.4. The molecule has 0 aliphatic heterocycles. The van der Waals surface area contributed by atoms with Gasteiger partial charge in [0.05, 0.1) is 29.5 Å². The molecule has 9 N–H and O–H groups in total. The number of benzene rings is 1. The Labute approximate surface area is 124 Å². The molecule has 1 rings (SSSR count). The maximum absolute atomic E-state index is 10.00. The quantitative estimate of drug-likeness (QED) is 0.370. The van der Waals surface area contributed by atoms with Crippen LogP contribution in [0, 0.1) is 0 Å². The van der Waals surface area contributed by atoms with Crippen molar-refractivity contribution in [1.29, 1.82) is 0 Å². The Morgan fingerprint density at radius 1 is 1.14 bits per heavy atom. The first-order valence-corrected chi connectivity index (χ1v) is 6.77. The van der Waals surface area contributed by atoms with Crippen LogP contribution in [0.2, 0.25) is 0 Å². The van der Waals surface area contributed by atoms with Gasteiger partial charge in [0, 0.05) is 5.69 Å². The van der Waals surface area contributed by atoms with E-state index in [-0.39, 0.29) is 13.0 Å². The number of nitrogen functional groups attached to an aromatic ring is 2. The van der Waals surface area contributed by atoms with Gasteiger partial charge in [-0.25, -0.2) is 0 Å². The van der Waals surface area contributed by atoms with Gasteiger partial charge in [-0.2, -0.15) is 0 Å². The summed E-state index contributed by atoms with van der Waals surface area (Å²) in [5.74, 6) is 0.403. The third kappa shape index (κ3) is 4.47. The average molecular weight is 299 g/mol. The fraction of sp³-hybridized carbons (Fsp3) is 0.571. The predicted octanol–water partition coefficient (Wildman–Crippen LogP) is -0.560. The summed E-state index contributed by atoms with van der Waals surface area (Å²) in [5.41, 5.74) is 16.8. The zero-order valence-electron chi connectivity index (χ0n) is 12.4. The molecule has 0 radical (unpaired) electrons. The van der Waals surface area contributed by atoms with Crippen LogP contribution in [-0.2, 0) is 0 Å². The summed E-state index contributed by atoms with van der Waals surface area (Å²) in [4.78, 5) is 0. The molecule has 3 unspecified atom stereocenters. The van der Waals surface area contributed by atoms with Crippen molar-refractivity contribution in [3.05, 3.63) is 18.2 Å². The van der Waals surface area contributed by atoms with Gasteiger partial charge in [0.2, 0.25) is 0 Å². The van der Waals surface area contributed by atoms with Crippen LogP contribution in [0.25, 0.3) is 0 Å². The van der Waals surface area contributed by atoms with Gasteiger partial charge in [0.25, 0.3) is 0 Å². The van der Waals surface area contributed by atoms with E-state index >= 15 is 0 Å². The summed E-state index contributed by atoms with van der Waals surface area (Å²) in [6.45, 7) is 2.88. The normalized spacial score (nSPS) is 18.6. The second-order valence-electron chi connectivity index (χ2n) is 5.43. The van der Waals surface area contributed by atoms with E-state index in [1.54, 1.807) is 18.2 Å². The fourth-order valence-electron chi connectivity index (χ4n) is 2.04. The first-order chi connectivity index (χ1) is 9.66. The minimum atomic E-state index is -1.31. The first-order valence-electron chi connectivity index (χ1n) is 6.77. The van der Waals surface area contributed by atoms with Crippen molar-refractivity contribution in [3.63, 3.8) is 0 Å². The maximum atomic E-state index is 10.00. The van der Waals surface area contributed by atoms with E-state index in [0.29, 0.717) is 17.1 Å². The Morgan fingerprint density at radius 2 is 1.71 bits per heavy atom. The summed E-state index contributed by atoms with van der Waals surface area (Å²) >= 11 is 0. The van der Waals surface area contributed by atoms with Crippen molar-refractivity contribution < 1.29 is 20.1 Å². The summed E-state index contributed by atoms with van der Waals surface area (Å²) in [7, 11) is 0. The number of hydrogen-bond acceptors (Lipinski definition) is 7. The molecule has 7 heteroatoms. The third-order valence-corrected chi connectivity index (χ3v) is 3.61. The van der Waals surface area contributed by atoms with Gasteiger partial charge in [-0.3, -0.25) is 0 Å². The molecule has 7 nitrogen and oxygen atoms in total. The van der Waals surface area contributed by atoms with E-state index in [2.05, 4.69) is 0 Å². The Hall–Kier alpha value is -1.54. The Balaban J connectivity index is 2.63. The summed E-state index contributed by atoms with van der Waals surface area (Å²) in [6, 6.07) is 4.80. The zero-order valence-corrected chi connectivity index (χ0v) is 12.4. The van der Waals surface area contributed by atoms with Crippen LogP contribution in [0.3, 0.4) is 0 Å². The molecule has 1 aromatic carbocycles. The Kier molecular flexibility index (Phi) is 5.79. The van der Waals surface area contributed by atoms with Gasteiger partial charge in [0.15, 0.2) is 0 Å². The molecule has 0 aromatic heterocycles. The van der Waals surface area contributed by atoms with E-state index < -0.39 is 23.9 Å². The zero-order chi connectivity index (χ0) is 16.2. The minimum absolute atomic E-state index is 0.0167. The monoisotopic (exact) mass is 299 g/mol. The maximum Gasteiger partial charge on any atom is 0.142 e. The molecule has 120 valence electrons. The number of anilines is 2. The van der Waals surface area contributed by atoms with E-state index in [1.807, 2.05) is 0 Å². The topological polar surface area (TPSA) is 148 Å². The number of hydrogen-bond donors (Lipinski definition) is 6. The number of ether oxygens (including phenoxy) is 1. The van der Waals surface area contributed by atoms with Crippen LogP contribution in [0.15, 0.2) is 18.2 Å². The lowest BCUT2D eigenvalue weighted by molar-refractivity contribution is -0.0290. The molecule has 0 amide bonds. The SMILES string of the molecule is CC(O)C(N)(CC(O)COc1ccc(N)cc1N)C(C)O. The number of aliphatic hydroxyl groups excluding tert-OH is 3. The predicted molar refractivity (Wildman–Crippen MR) is 81.7 cm³/mol. The molecule has 0 fully saturated rings. The molecule has 0 aliphatic carbocycles. The van der Waals surface area contributed by atoms with E-state index in [0.717, 1.165) is 0 Å². The standard InChI is InChI=1S/C14H25N3O4/c1-8(18)14(17,9(2)19)6-11(20)7-21-13-4-3-10(15)5-12(13)16/h3-5,8-9,11,18-20H,6-7,15-17H2,1-2H3. The molecule has 0 saturated heterocycles. The van der Waals surface area contributed by atoms with Gasteiger partial charge in [-0.15, -0.1) is 0 Å². The third-order valence-electron chi connectivity index (χ3n) is 3.61. The highest BCUT2D eigenvalue weighted by Gasteiger charge is 2.38. The van der Waals surface area contributed by atoms with E-state index in [4.69, 9.17) is 21.9 Å². The van der Waals surface area contributed by atoms with Gasteiger partial charge < -0.3 is 37.3 Å². The molecule has 0 saturated carbocycles. The van der Waals surface area contributed by atoms with E-state index in [1.165, 1.54) is 13.8 Å². The smallest absolute Gasteiger partial charge is 0.142 e. The largest absolute Gasteiger partial charge is 0.489 e. The molecular weight excluding hydrogens is 274 g/mol. The first kappa shape index (κ1) is 17.5. The second kappa shape index (κ2) is 6.95. The highest BCUT2D eigenvalue weighted by Crippen LogP contribution is 2.25. The van der Waals surface area contributed by atoms with Crippen molar-refractivity contribution in [2.45, 2.75) is 44.1 Å². The minimum Gasteiger partial charge on any atom is -0.489 e. The van der Waals surface area contributed by atoms with Crippen molar-refractivity contribution >= 4 is 11.4 Å². The van der Waals surface area contributed by atoms with Crippen molar-refractivity contribution in [1.82, 2.24) is 0 Å². The van der Waals surface area contributed by atoms with Gasteiger partial charge >= 0.3 is 0 Å². The molecule has 21 heavy (non-hydrogen) atoms. The Bertz CT molecular complexity index is 458.